The van der Waals surface area contributed by atoms with Gasteiger partial charge in [-0.05, 0) is 42.4 Å². The molecule has 2 aliphatic heterocycles. The van der Waals surface area contributed by atoms with Crippen molar-refractivity contribution >= 4 is 22.8 Å². The molecular weight excluding hydrogens is 636 g/mol. The molecule has 4 nitrogen and oxygen atoms in total. The van der Waals surface area contributed by atoms with Crippen LogP contribution >= 0.6 is 0 Å². The summed E-state index contributed by atoms with van der Waals surface area (Å²) in [5, 5.41) is 10.6. The fraction of sp³-hybridized carbons (Fsp3) is 0.839. The first-order valence-corrected chi connectivity index (χ1v) is 12.8. The van der Waals surface area contributed by atoms with Crippen molar-refractivity contribution in [3.8, 4) is 0 Å². The smallest absolute Gasteiger partial charge is 0.309 e. The molecule has 2 aliphatic rings. The molecule has 8 radical (unpaired) electrons. The van der Waals surface area contributed by atoms with Gasteiger partial charge in [0.15, 0.2) is 5.79 Å². The Morgan fingerprint density at radius 1 is 0.718 bits per heavy atom. The minimum Gasteiger partial charge on any atom is -0.462 e. The van der Waals surface area contributed by atoms with Crippen molar-refractivity contribution in [3.05, 3.63) is 29.7 Å². The van der Waals surface area contributed by atoms with Crippen molar-refractivity contribution < 1.29 is 84.8 Å². The first kappa shape index (κ1) is 63.9. The van der Waals surface area contributed by atoms with Crippen molar-refractivity contribution in [3.63, 3.8) is 0 Å². The Hall–Kier alpha value is 1.73. The van der Waals surface area contributed by atoms with Crippen LogP contribution in [0, 0.1) is 77.0 Å². The second kappa shape index (κ2) is 29.8. The van der Waals surface area contributed by atoms with Crippen LogP contribution in [0.1, 0.15) is 103 Å². The molecule has 0 aromatic rings. The van der Waals surface area contributed by atoms with Gasteiger partial charge in [-0.1, -0.05) is 90.0 Å². The van der Waals surface area contributed by atoms with E-state index in [0.29, 0.717) is 23.7 Å². The normalized spacial score (nSPS) is 32.2. The van der Waals surface area contributed by atoms with Crippen molar-refractivity contribution in [1.82, 2.24) is 0 Å². The Morgan fingerprint density at radius 2 is 1.05 bits per heavy atom. The van der Waals surface area contributed by atoms with Gasteiger partial charge in [0.1, 0.15) is 6.10 Å². The molecule has 2 fully saturated rings. The maximum atomic E-state index is 11.3. The maximum absolute atomic E-state index is 11.3. The standard InChI is InChI=1S/C13H26O2.C10H18O2.C4H10.4CH3.2B.2Y/c1-7-12-10(5)9(4)11(6)13(14,15-12)8(2)3;1-5-9-7(3)6(2)8(4)10(11)12-9;1-4(2)3;;;;;;;;/h8-12,14H,7H2,1-6H3;6-9H,5H2,1-4H3;4H,1-3H3;4*1H3;;;;/q;;;4*-1;;;;/t9-,10-,11+,12+,13?;6-,7-,8+,9+;;;;;;;;;/m00........./s1. The Bertz CT molecular complexity index is 534. The third kappa shape index (κ3) is 18.9. The maximum Gasteiger partial charge on any atom is 0.309 e. The van der Waals surface area contributed by atoms with E-state index in [9.17, 15) is 9.90 Å². The molecule has 2 heterocycles. The van der Waals surface area contributed by atoms with E-state index >= 15 is 0 Å². The van der Waals surface area contributed by atoms with E-state index in [1.807, 2.05) is 20.8 Å². The zero-order valence-electron chi connectivity index (χ0n) is 29.2. The third-order valence-corrected chi connectivity index (χ3v) is 7.67. The number of ether oxygens (including phenoxy) is 2. The first-order valence-electron chi connectivity index (χ1n) is 12.8. The van der Waals surface area contributed by atoms with Gasteiger partial charge in [-0.15, -0.1) is 0 Å². The summed E-state index contributed by atoms with van der Waals surface area (Å²) < 4.78 is 11.2. The second-order valence-electron chi connectivity index (χ2n) is 11.1. The number of cyclic esters (lactones) is 1. The molecule has 0 spiro atoms. The molecule has 0 aromatic heterocycles. The summed E-state index contributed by atoms with van der Waals surface area (Å²) in [6.45, 7) is 27.6. The Morgan fingerprint density at radius 3 is 1.36 bits per heavy atom. The summed E-state index contributed by atoms with van der Waals surface area (Å²) in [6, 6.07) is 0. The molecule has 39 heavy (non-hydrogen) atoms. The van der Waals surface area contributed by atoms with Gasteiger partial charge in [-0.3, -0.25) is 4.79 Å². The van der Waals surface area contributed by atoms with Crippen LogP contribution in [0.3, 0.4) is 0 Å². The van der Waals surface area contributed by atoms with Gasteiger partial charge >= 0.3 is 5.97 Å². The van der Waals surface area contributed by atoms with Crippen LogP contribution in [0.2, 0.25) is 0 Å². The van der Waals surface area contributed by atoms with Crippen LogP contribution in [-0.4, -0.2) is 45.9 Å². The first-order chi connectivity index (χ1) is 14.1. The molecule has 9 atom stereocenters. The molecule has 1 N–H and O–H groups in total. The molecule has 8 heteroatoms. The van der Waals surface area contributed by atoms with E-state index in [1.165, 1.54) is 0 Å². The van der Waals surface area contributed by atoms with Crippen LogP contribution in [-0.2, 0) is 79.7 Å². The number of aliphatic hydroxyl groups is 1. The molecule has 0 aliphatic carbocycles. The summed E-state index contributed by atoms with van der Waals surface area (Å²) in [5.74, 6) is 2.30. The molecule has 0 bridgehead atoms. The van der Waals surface area contributed by atoms with E-state index in [1.54, 1.807) is 0 Å². The van der Waals surface area contributed by atoms with Gasteiger partial charge in [0.05, 0.1) is 12.0 Å². The summed E-state index contributed by atoms with van der Waals surface area (Å²) >= 11 is 0. The van der Waals surface area contributed by atoms with Gasteiger partial charge < -0.3 is 44.3 Å². The van der Waals surface area contributed by atoms with Gasteiger partial charge in [-0.25, -0.2) is 0 Å². The number of esters is 1. The van der Waals surface area contributed by atoms with E-state index in [0.717, 1.165) is 18.8 Å². The molecule has 230 valence electrons. The minimum atomic E-state index is -0.938. The summed E-state index contributed by atoms with van der Waals surface area (Å²) in [4.78, 5) is 11.3. The Balaban J connectivity index is -0.0000000495. The third-order valence-electron chi connectivity index (χ3n) is 7.67. The van der Waals surface area contributed by atoms with E-state index in [-0.39, 0.29) is 148 Å². The van der Waals surface area contributed by atoms with Crippen LogP contribution in [0.5, 0.6) is 0 Å². The van der Waals surface area contributed by atoms with E-state index < -0.39 is 5.79 Å². The average molecular weight is 702 g/mol. The molecule has 0 aromatic carbocycles. The fourth-order valence-corrected chi connectivity index (χ4v) is 4.57. The SMILES string of the molecule is CC(C)C.CC[C@H]1OC(=O)[C@H](C)[C@@H](C)[C@@H]1C.CC[C@H]1OC(O)(C(C)C)[C@H](C)[C@@H](C)[C@@H]1C.[B].[B].[CH3-].[CH3-].[CH3-].[CH3-].[Y].[Y]. The predicted octanol–water partition coefficient (Wildman–Crippen LogP) is 7.98. The minimum absolute atomic E-state index is 0. The van der Waals surface area contributed by atoms with Crippen molar-refractivity contribution in [1.29, 1.82) is 0 Å². The zero-order valence-corrected chi connectivity index (χ0v) is 34.8. The van der Waals surface area contributed by atoms with Crippen molar-refractivity contribution in [2.24, 2.45) is 47.3 Å². The van der Waals surface area contributed by atoms with E-state index in [2.05, 4.69) is 69.2 Å². The second-order valence-corrected chi connectivity index (χ2v) is 11.1. The average Bonchev–Trinajstić information content (AvgIpc) is 2.70. The molecule has 1 unspecified atom stereocenters. The summed E-state index contributed by atoms with van der Waals surface area (Å²) in [7, 11) is 0. The van der Waals surface area contributed by atoms with Crippen LogP contribution < -0.4 is 0 Å². The van der Waals surface area contributed by atoms with Crippen molar-refractivity contribution in [2.45, 2.75) is 121 Å². The quantitative estimate of drug-likeness (QED) is 0.184. The van der Waals surface area contributed by atoms with E-state index in [4.69, 9.17) is 9.47 Å². The largest absolute Gasteiger partial charge is 0.462 e. The molecular formula is C31H66B2O4Y2-4. The van der Waals surface area contributed by atoms with Gasteiger partial charge in [0.2, 0.25) is 0 Å². The number of hydrogen-bond donors (Lipinski definition) is 1. The van der Waals surface area contributed by atoms with Gasteiger partial charge in [-0.2, -0.15) is 0 Å². The Kier molecular flexibility index (Phi) is 48.8. The molecule has 0 saturated carbocycles. The fourth-order valence-electron chi connectivity index (χ4n) is 4.57. The molecule has 2 rings (SSSR count). The van der Waals surface area contributed by atoms with Gasteiger partial charge in [0, 0.05) is 94.1 Å². The van der Waals surface area contributed by atoms with Crippen LogP contribution in [0.25, 0.3) is 0 Å². The van der Waals surface area contributed by atoms with Crippen molar-refractivity contribution in [2.75, 3.05) is 0 Å². The summed E-state index contributed by atoms with van der Waals surface area (Å²) in [5.41, 5.74) is 0. The molecule has 2 saturated heterocycles. The Labute approximate surface area is 302 Å². The topological polar surface area (TPSA) is 55.8 Å². The summed E-state index contributed by atoms with van der Waals surface area (Å²) in [6.07, 6.45) is 2.25. The zero-order chi connectivity index (χ0) is 24.7. The van der Waals surface area contributed by atoms with Gasteiger partial charge in [0.25, 0.3) is 0 Å². The number of carbonyl (C=O) groups excluding carboxylic acids is 1. The monoisotopic (exact) mass is 702 g/mol. The number of carbonyl (C=O) groups is 1. The van der Waals surface area contributed by atoms with Crippen LogP contribution in [0.15, 0.2) is 0 Å². The van der Waals surface area contributed by atoms with Crippen LogP contribution in [0.4, 0.5) is 0 Å². The number of hydrogen-bond acceptors (Lipinski definition) is 4. The number of rotatable bonds is 3. The predicted molar refractivity (Wildman–Crippen MR) is 168 cm³/mol. The molecule has 0 amide bonds.